The number of aromatic amines is 1. The Morgan fingerprint density at radius 3 is 2.48 bits per heavy atom. The van der Waals surface area contributed by atoms with Crippen molar-refractivity contribution in [2.75, 3.05) is 0 Å². The summed E-state index contributed by atoms with van der Waals surface area (Å²) in [6.07, 6.45) is 3.14. The molecule has 1 unspecified atom stereocenters. The number of aliphatic imine (C=N–C) groups is 1. The lowest BCUT2D eigenvalue weighted by Crippen LogP contribution is -2.38. The third-order valence-corrected chi connectivity index (χ3v) is 6.13. The number of hydrogen-bond donors (Lipinski definition) is 1. The highest BCUT2D eigenvalue weighted by Crippen LogP contribution is 2.43. The topological polar surface area (TPSA) is 67.2 Å². The van der Waals surface area contributed by atoms with Crippen LogP contribution in [0.15, 0.2) is 64.4 Å². The summed E-state index contributed by atoms with van der Waals surface area (Å²) >= 11 is 0. The highest BCUT2D eigenvalue weighted by atomic mass is 16.1. The molecule has 0 radical (unpaired) electrons. The zero-order valence-electron chi connectivity index (χ0n) is 16.4. The molecule has 3 aromatic rings. The van der Waals surface area contributed by atoms with Crippen LogP contribution in [-0.4, -0.2) is 21.3 Å². The van der Waals surface area contributed by atoms with Gasteiger partial charge in [-0.25, -0.2) is 9.67 Å². The van der Waals surface area contributed by atoms with E-state index in [1.807, 2.05) is 30.3 Å². The fraction of sp³-hybridized carbons (Fsp3) is 0.292. The van der Waals surface area contributed by atoms with Crippen molar-refractivity contribution in [3.63, 3.8) is 0 Å². The summed E-state index contributed by atoms with van der Waals surface area (Å²) in [5.41, 5.74) is 4.39. The van der Waals surface area contributed by atoms with Crippen LogP contribution in [0.25, 0.3) is 5.69 Å². The fourth-order valence-corrected chi connectivity index (χ4v) is 4.64. The second-order valence-corrected chi connectivity index (χ2v) is 7.82. The van der Waals surface area contributed by atoms with Gasteiger partial charge in [-0.1, -0.05) is 49.4 Å². The summed E-state index contributed by atoms with van der Waals surface area (Å²) in [6, 6.07) is 17.8. The number of hydrogen-bond acceptors (Lipinski definition) is 3. The van der Waals surface area contributed by atoms with Crippen molar-refractivity contribution in [3.8, 4) is 5.69 Å². The van der Waals surface area contributed by atoms with Crippen LogP contribution in [0.1, 0.15) is 48.8 Å². The summed E-state index contributed by atoms with van der Waals surface area (Å²) < 4.78 is 1.55. The minimum atomic E-state index is -0.337. The Balaban J connectivity index is 1.72. The van der Waals surface area contributed by atoms with Crippen molar-refractivity contribution in [2.24, 2.45) is 10.9 Å². The Labute approximate surface area is 169 Å². The number of nitrogens with one attached hydrogen (secondary N) is 1. The standard InChI is InChI=1S/C24H23N3O2/c1-2-15-11-13-16(14-12-15)20-21-18(9-6-10-19(21)28)25-23-22(20)24(29)27(26-23)17-7-4-3-5-8-17/h3-5,7-8,11-14,20-21,26H,2,6,9-10H2,1H3/t20-,21?/m0/s1. The average Bonchev–Trinajstić information content (AvgIpc) is 3.09. The third-order valence-electron chi connectivity index (χ3n) is 6.13. The molecular weight excluding hydrogens is 362 g/mol. The maximum atomic E-state index is 13.5. The first kappa shape index (κ1) is 17.9. The number of aromatic nitrogens is 2. The number of fused-ring (bicyclic) bond motifs is 2. The van der Waals surface area contributed by atoms with E-state index in [4.69, 9.17) is 4.99 Å². The molecule has 2 aromatic carbocycles. The zero-order valence-corrected chi connectivity index (χ0v) is 16.4. The van der Waals surface area contributed by atoms with Gasteiger partial charge in [0.05, 0.1) is 17.2 Å². The summed E-state index contributed by atoms with van der Waals surface area (Å²) in [4.78, 5) is 31.1. The number of para-hydroxylation sites is 1. The minimum Gasteiger partial charge on any atom is -0.299 e. The van der Waals surface area contributed by atoms with Gasteiger partial charge in [0, 0.05) is 18.1 Å². The molecule has 0 saturated heterocycles. The molecule has 1 aliphatic heterocycles. The number of carbonyl (C=O) groups excluding carboxylic acids is 1. The predicted molar refractivity (Wildman–Crippen MR) is 113 cm³/mol. The second-order valence-electron chi connectivity index (χ2n) is 7.82. The number of nitrogens with zero attached hydrogens (tertiary/aromatic N) is 2. The Morgan fingerprint density at radius 1 is 1.00 bits per heavy atom. The van der Waals surface area contributed by atoms with Gasteiger partial charge in [0.25, 0.3) is 5.56 Å². The van der Waals surface area contributed by atoms with Gasteiger partial charge in [0.1, 0.15) is 5.78 Å². The normalized spacial score (nSPS) is 20.7. The Hall–Kier alpha value is -3.21. The van der Waals surface area contributed by atoms with E-state index < -0.39 is 0 Å². The average molecular weight is 385 g/mol. The van der Waals surface area contributed by atoms with E-state index >= 15 is 0 Å². The van der Waals surface area contributed by atoms with Crippen molar-refractivity contribution in [1.29, 1.82) is 0 Å². The number of ketones is 1. The molecule has 1 aromatic heterocycles. The highest BCUT2D eigenvalue weighted by Gasteiger charge is 2.43. The zero-order chi connectivity index (χ0) is 20.0. The molecule has 2 aliphatic rings. The molecule has 0 bridgehead atoms. The van der Waals surface area contributed by atoms with E-state index in [1.54, 1.807) is 4.68 Å². The lowest BCUT2D eigenvalue weighted by molar-refractivity contribution is -0.121. The number of H-pyrrole nitrogens is 1. The fourth-order valence-electron chi connectivity index (χ4n) is 4.64. The number of benzene rings is 2. The number of carbonyl (C=O) groups is 1. The van der Waals surface area contributed by atoms with Crippen molar-refractivity contribution < 1.29 is 4.79 Å². The Bertz CT molecular complexity index is 1150. The van der Waals surface area contributed by atoms with Crippen LogP contribution in [0.5, 0.6) is 0 Å². The van der Waals surface area contributed by atoms with Crippen molar-refractivity contribution in [1.82, 2.24) is 9.78 Å². The van der Waals surface area contributed by atoms with Gasteiger partial charge in [-0.2, -0.15) is 0 Å². The lowest BCUT2D eigenvalue weighted by atomic mass is 9.70. The second kappa shape index (κ2) is 6.99. The molecule has 1 fully saturated rings. The maximum absolute atomic E-state index is 13.5. The molecule has 1 N–H and O–H groups in total. The first-order valence-electron chi connectivity index (χ1n) is 10.3. The molecule has 0 amide bonds. The van der Waals surface area contributed by atoms with E-state index in [-0.39, 0.29) is 23.2 Å². The first-order valence-corrected chi connectivity index (χ1v) is 10.3. The van der Waals surface area contributed by atoms with Gasteiger partial charge < -0.3 is 0 Å². The largest absolute Gasteiger partial charge is 0.299 e. The highest BCUT2D eigenvalue weighted by molar-refractivity contribution is 6.10. The van der Waals surface area contributed by atoms with Gasteiger partial charge in [-0.3, -0.25) is 14.7 Å². The molecule has 2 heterocycles. The number of rotatable bonds is 3. The van der Waals surface area contributed by atoms with Crippen LogP contribution < -0.4 is 5.56 Å². The molecule has 29 heavy (non-hydrogen) atoms. The van der Waals surface area contributed by atoms with Crippen LogP contribution in [0.2, 0.25) is 0 Å². The van der Waals surface area contributed by atoms with Crippen molar-refractivity contribution in [2.45, 2.75) is 38.5 Å². The summed E-state index contributed by atoms with van der Waals surface area (Å²) in [5, 5.41) is 3.19. The summed E-state index contributed by atoms with van der Waals surface area (Å²) in [7, 11) is 0. The number of Topliss-reactive ketones (excluding diaryl/α,β-unsaturated/α-hetero) is 1. The van der Waals surface area contributed by atoms with E-state index in [0.717, 1.165) is 36.2 Å². The predicted octanol–water partition coefficient (Wildman–Crippen LogP) is 4.32. The van der Waals surface area contributed by atoms with Gasteiger partial charge in [-0.15, -0.1) is 0 Å². The first-order chi connectivity index (χ1) is 14.2. The molecule has 2 atom stereocenters. The molecule has 1 aliphatic carbocycles. The Kier molecular flexibility index (Phi) is 4.31. The molecule has 1 saturated carbocycles. The quantitative estimate of drug-likeness (QED) is 0.730. The molecule has 5 nitrogen and oxygen atoms in total. The lowest BCUT2D eigenvalue weighted by Gasteiger charge is -2.33. The van der Waals surface area contributed by atoms with Gasteiger partial charge in [0.15, 0.2) is 5.82 Å². The van der Waals surface area contributed by atoms with E-state index in [1.165, 1.54) is 5.56 Å². The number of aryl methyl sites for hydroxylation is 1. The van der Waals surface area contributed by atoms with Crippen LogP contribution in [0.4, 0.5) is 5.82 Å². The molecule has 5 heteroatoms. The van der Waals surface area contributed by atoms with Crippen LogP contribution >= 0.6 is 0 Å². The summed E-state index contributed by atoms with van der Waals surface area (Å²) in [6.45, 7) is 2.12. The smallest absolute Gasteiger partial charge is 0.277 e. The van der Waals surface area contributed by atoms with Crippen molar-refractivity contribution >= 4 is 17.3 Å². The maximum Gasteiger partial charge on any atom is 0.277 e. The van der Waals surface area contributed by atoms with Crippen LogP contribution in [0, 0.1) is 5.92 Å². The Morgan fingerprint density at radius 2 is 1.76 bits per heavy atom. The molecule has 0 spiro atoms. The van der Waals surface area contributed by atoms with Gasteiger partial charge in [-0.05, 0) is 42.5 Å². The SMILES string of the molecule is CCc1ccc([C@@H]2c3c([nH]n(-c4ccccc4)c3=O)N=C3CCCC(=O)C32)cc1. The van der Waals surface area contributed by atoms with Crippen LogP contribution in [-0.2, 0) is 11.2 Å². The molecule has 5 rings (SSSR count). The van der Waals surface area contributed by atoms with E-state index in [0.29, 0.717) is 17.8 Å². The van der Waals surface area contributed by atoms with E-state index in [2.05, 4.69) is 36.3 Å². The summed E-state index contributed by atoms with van der Waals surface area (Å²) in [5.74, 6) is 0.155. The van der Waals surface area contributed by atoms with Gasteiger partial charge >= 0.3 is 0 Å². The third kappa shape index (κ3) is 2.89. The minimum absolute atomic E-state index is 0.128. The van der Waals surface area contributed by atoms with Crippen molar-refractivity contribution in [3.05, 3.63) is 81.6 Å². The van der Waals surface area contributed by atoms with Crippen LogP contribution in [0.3, 0.4) is 0 Å². The van der Waals surface area contributed by atoms with Gasteiger partial charge in [0.2, 0.25) is 0 Å². The molecule has 146 valence electrons. The van der Waals surface area contributed by atoms with E-state index in [9.17, 15) is 9.59 Å². The molecular formula is C24H23N3O2. The monoisotopic (exact) mass is 385 g/mol.